The van der Waals surface area contributed by atoms with Crippen LogP contribution in [0.5, 0.6) is 0 Å². The lowest BCUT2D eigenvalue weighted by Crippen LogP contribution is -2.09. The highest BCUT2D eigenvalue weighted by atomic mass is 16.5. The van der Waals surface area contributed by atoms with E-state index in [-0.39, 0.29) is 17.1 Å². The van der Waals surface area contributed by atoms with Crippen LogP contribution in [0.3, 0.4) is 0 Å². The first-order chi connectivity index (χ1) is 8.59. The Labute approximate surface area is 101 Å². The molecule has 0 aliphatic rings. The number of nitrogens with one attached hydrogen (secondary N) is 1. The zero-order chi connectivity index (χ0) is 13.1. The Balaban J connectivity index is 2.52. The van der Waals surface area contributed by atoms with E-state index < -0.39 is 11.9 Å². The smallest absolute Gasteiger partial charge is 0.343 e. The molecule has 2 rings (SSSR count). The summed E-state index contributed by atoms with van der Waals surface area (Å²) in [6, 6.07) is 4.99. The molecule has 0 bridgehead atoms. The molecular formula is C11H9N3O4. The number of carbonyl (C=O) groups is 2. The first-order valence-electron chi connectivity index (χ1n) is 5.01. The second kappa shape index (κ2) is 4.66. The number of amides is 1. The molecule has 2 aromatic heterocycles. The minimum absolute atomic E-state index is 0.0758. The zero-order valence-electron chi connectivity index (χ0n) is 9.38. The van der Waals surface area contributed by atoms with Gasteiger partial charge in [-0.3, -0.25) is 15.1 Å². The van der Waals surface area contributed by atoms with Gasteiger partial charge in [-0.25, -0.2) is 4.79 Å². The summed E-state index contributed by atoms with van der Waals surface area (Å²) in [5, 5.41) is 15.0. The van der Waals surface area contributed by atoms with Crippen molar-refractivity contribution in [3.63, 3.8) is 0 Å². The summed E-state index contributed by atoms with van der Waals surface area (Å²) < 4.78 is 4.82. The molecule has 0 saturated carbocycles. The highest BCUT2D eigenvalue weighted by Crippen LogP contribution is 2.27. The van der Waals surface area contributed by atoms with Crippen molar-refractivity contribution in [2.75, 3.05) is 5.32 Å². The maximum absolute atomic E-state index is 11.2. The minimum atomic E-state index is -1.25. The van der Waals surface area contributed by atoms with E-state index >= 15 is 0 Å². The van der Waals surface area contributed by atoms with Crippen LogP contribution in [-0.4, -0.2) is 27.1 Å². The number of hydrogen-bond donors (Lipinski definition) is 2. The summed E-state index contributed by atoms with van der Waals surface area (Å²) in [6.07, 6.45) is 1.51. The van der Waals surface area contributed by atoms with E-state index in [4.69, 9.17) is 9.63 Å². The average molecular weight is 247 g/mol. The number of carbonyl (C=O) groups excluding carboxylic acids is 1. The second-order valence-corrected chi connectivity index (χ2v) is 3.44. The Kier molecular flexibility index (Phi) is 3.05. The van der Waals surface area contributed by atoms with E-state index in [1.54, 1.807) is 18.2 Å². The second-order valence-electron chi connectivity index (χ2n) is 3.44. The highest BCUT2D eigenvalue weighted by molar-refractivity contribution is 6.02. The van der Waals surface area contributed by atoms with Crippen LogP contribution in [0.4, 0.5) is 5.88 Å². The molecule has 7 nitrogen and oxygen atoms in total. The first kappa shape index (κ1) is 11.8. The van der Waals surface area contributed by atoms with Crippen LogP contribution < -0.4 is 5.32 Å². The van der Waals surface area contributed by atoms with Crippen LogP contribution in [0.15, 0.2) is 28.9 Å². The van der Waals surface area contributed by atoms with Gasteiger partial charge in [0.25, 0.3) is 0 Å². The predicted molar refractivity (Wildman–Crippen MR) is 61.0 cm³/mol. The van der Waals surface area contributed by atoms with Gasteiger partial charge in [0.05, 0.1) is 5.69 Å². The van der Waals surface area contributed by atoms with Crippen LogP contribution in [-0.2, 0) is 4.79 Å². The zero-order valence-corrected chi connectivity index (χ0v) is 9.38. The quantitative estimate of drug-likeness (QED) is 0.849. The molecule has 0 saturated heterocycles. The van der Waals surface area contributed by atoms with Crippen molar-refractivity contribution in [1.29, 1.82) is 0 Å². The summed E-state index contributed by atoms with van der Waals surface area (Å²) in [6.45, 7) is 1.24. The molecule has 0 spiro atoms. The molecule has 92 valence electrons. The summed E-state index contributed by atoms with van der Waals surface area (Å²) in [5.41, 5.74) is 0.214. The van der Waals surface area contributed by atoms with Crippen LogP contribution >= 0.6 is 0 Å². The van der Waals surface area contributed by atoms with Gasteiger partial charge in [-0.05, 0) is 12.1 Å². The fourth-order valence-electron chi connectivity index (χ4n) is 1.41. The van der Waals surface area contributed by atoms with Crippen LogP contribution in [0.1, 0.15) is 17.3 Å². The van der Waals surface area contributed by atoms with E-state index in [2.05, 4.69) is 15.5 Å². The molecule has 0 atom stereocenters. The standard InChI is InChI=1S/C11H9N3O4/c1-6(15)13-10-8(11(16)17)9(14-18-10)7-4-2-3-5-12-7/h2-5H,1H3,(H,13,15)(H,16,17). The van der Waals surface area contributed by atoms with Gasteiger partial charge in [-0.15, -0.1) is 0 Å². The van der Waals surface area contributed by atoms with Crippen molar-refractivity contribution in [3.8, 4) is 11.4 Å². The number of aromatic carboxylic acids is 1. The van der Waals surface area contributed by atoms with Crippen molar-refractivity contribution in [3.05, 3.63) is 30.0 Å². The van der Waals surface area contributed by atoms with Crippen molar-refractivity contribution in [1.82, 2.24) is 10.1 Å². The molecule has 0 aromatic carbocycles. The summed E-state index contributed by atoms with van der Waals surface area (Å²) in [4.78, 5) is 26.1. The van der Waals surface area contributed by atoms with Gasteiger partial charge in [-0.2, -0.15) is 0 Å². The third kappa shape index (κ3) is 2.19. The van der Waals surface area contributed by atoms with Gasteiger partial charge in [0.15, 0.2) is 5.56 Å². The largest absolute Gasteiger partial charge is 0.477 e. The van der Waals surface area contributed by atoms with Gasteiger partial charge in [0, 0.05) is 13.1 Å². The van der Waals surface area contributed by atoms with Crippen LogP contribution in [0.25, 0.3) is 11.4 Å². The van der Waals surface area contributed by atoms with Crippen LogP contribution in [0.2, 0.25) is 0 Å². The molecule has 0 aliphatic carbocycles. The van der Waals surface area contributed by atoms with Crippen molar-refractivity contribution < 1.29 is 19.2 Å². The Morgan fingerprint density at radius 3 is 2.72 bits per heavy atom. The van der Waals surface area contributed by atoms with Gasteiger partial charge in [0.1, 0.15) is 5.69 Å². The lowest BCUT2D eigenvalue weighted by atomic mass is 10.1. The van der Waals surface area contributed by atoms with E-state index in [1.165, 1.54) is 13.1 Å². The molecule has 2 aromatic rings. The fourth-order valence-corrected chi connectivity index (χ4v) is 1.41. The number of carboxylic acids is 1. The highest BCUT2D eigenvalue weighted by Gasteiger charge is 2.24. The molecule has 0 aliphatic heterocycles. The monoisotopic (exact) mass is 247 g/mol. The molecule has 18 heavy (non-hydrogen) atoms. The normalized spacial score (nSPS) is 10.1. The Hall–Kier alpha value is -2.70. The van der Waals surface area contributed by atoms with Gasteiger partial charge >= 0.3 is 5.97 Å². The number of anilines is 1. The summed E-state index contributed by atoms with van der Waals surface area (Å²) >= 11 is 0. The third-order valence-electron chi connectivity index (χ3n) is 2.10. The summed E-state index contributed by atoms with van der Waals surface area (Å²) in [7, 11) is 0. The number of carboxylic acid groups (broad SMARTS) is 1. The van der Waals surface area contributed by atoms with E-state index in [1.807, 2.05) is 0 Å². The molecule has 1 amide bonds. The SMILES string of the molecule is CC(=O)Nc1onc(-c2ccccn2)c1C(=O)O. The molecular weight excluding hydrogens is 238 g/mol. The summed E-state index contributed by atoms with van der Waals surface area (Å²) in [5.74, 6) is -1.89. The van der Waals surface area contributed by atoms with Crippen molar-refractivity contribution >= 4 is 17.8 Å². The lowest BCUT2D eigenvalue weighted by molar-refractivity contribution is -0.114. The van der Waals surface area contributed by atoms with Crippen molar-refractivity contribution in [2.24, 2.45) is 0 Å². The lowest BCUT2D eigenvalue weighted by Gasteiger charge is -1.98. The molecule has 0 radical (unpaired) electrons. The van der Waals surface area contributed by atoms with Crippen LogP contribution in [0, 0.1) is 0 Å². The Bertz CT molecular complexity index is 592. The maximum Gasteiger partial charge on any atom is 0.343 e. The van der Waals surface area contributed by atoms with E-state index in [0.29, 0.717) is 5.69 Å². The van der Waals surface area contributed by atoms with E-state index in [0.717, 1.165) is 0 Å². The maximum atomic E-state index is 11.2. The topological polar surface area (TPSA) is 105 Å². The Morgan fingerprint density at radius 2 is 2.17 bits per heavy atom. The molecule has 2 heterocycles. The van der Waals surface area contributed by atoms with Gasteiger partial charge < -0.3 is 9.63 Å². The number of nitrogens with zero attached hydrogens (tertiary/aromatic N) is 2. The molecule has 0 fully saturated rings. The Morgan fingerprint density at radius 1 is 1.39 bits per heavy atom. The molecule has 2 N–H and O–H groups in total. The average Bonchev–Trinajstić information content (AvgIpc) is 2.73. The number of pyridine rings is 1. The predicted octanol–water partition coefficient (Wildman–Crippen LogP) is 1.39. The molecule has 0 unspecified atom stereocenters. The van der Waals surface area contributed by atoms with Gasteiger partial charge in [0.2, 0.25) is 11.8 Å². The van der Waals surface area contributed by atoms with Gasteiger partial charge in [-0.1, -0.05) is 11.2 Å². The number of aromatic nitrogens is 2. The number of hydrogen-bond acceptors (Lipinski definition) is 5. The fraction of sp³-hybridized carbons (Fsp3) is 0.0909. The first-order valence-corrected chi connectivity index (χ1v) is 5.01. The molecule has 7 heteroatoms. The number of rotatable bonds is 3. The van der Waals surface area contributed by atoms with Crippen molar-refractivity contribution in [2.45, 2.75) is 6.92 Å². The third-order valence-corrected chi connectivity index (χ3v) is 2.10. The van der Waals surface area contributed by atoms with E-state index in [9.17, 15) is 9.59 Å². The minimum Gasteiger partial charge on any atom is -0.477 e.